The Balaban J connectivity index is 0.00000253. The van der Waals surface area contributed by atoms with E-state index in [0.29, 0.717) is 5.02 Å². The summed E-state index contributed by atoms with van der Waals surface area (Å²) in [6.07, 6.45) is 7.78. The topological polar surface area (TPSA) is 105 Å². The molecule has 1 aromatic heterocycles. The van der Waals surface area contributed by atoms with E-state index in [1.54, 1.807) is 0 Å². The van der Waals surface area contributed by atoms with Crippen LogP contribution in [0, 0.1) is 5.41 Å². The van der Waals surface area contributed by atoms with E-state index in [2.05, 4.69) is 36.4 Å². The molecule has 1 aliphatic rings. The molecule has 220 valence electrons. The molecule has 4 aromatic rings. The van der Waals surface area contributed by atoms with Crippen LogP contribution in [0.5, 0.6) is 0 Å². The van der Waals surface area contributed by atoms with Gasteiger partial charge in [0.15, 0.2) is 0 Å². The van der Waals surface area contributed by atoms with Gasteiger partial charge in [-0.25, -0.2) is 4.98 Å². The first-order valence-electron chi connectivity index (χ1n) is 14.1. The number of fused-ring (bicyclic) bond motifs is 1. The molecule has 0 amide bonds. The predicted molar refractivity (Wildman–Crippen MR) is 172 cm³/mol. The van der Waals surface area contributed by atoms with Crippen molar-refractivity contribution < 1.29 is 50.0 Å². The Labute approximate surface area is 285 Å². The summed E-state index contributed by atoms with van der Waals surface area (Å²) in [7, 11) is 0. The zero-order valence-corrected chi connectivity index (χ0v) is 28.5. The second-order valence-electron chi connectivity index (χ2n) is 11.7. The summed E-state index contributed by atoms with van der Waals surface area (Å²) in [6, 6.07) is 26.4. The van der Waals surface area contributed by atoms with E-state index in [0.717, 1.165) is 64.7 Å². The number of hydrogen-bond acceptors (Lipinski definition) is 5. The minimum Gasteiger partial charge on any atom is -0.550 e. The maximum Gasteiger partial charge on any atom is 1.00 e. The molecule has 3 N–H and O–H groups in total. The number of carboxylic acids is 1. The minimum absolute atomic E-state index is 0. The molecule has 1 atom stereocenters. The molecule has 0 saturated heterocycles. The largest absolute Gasteiger partial charge is 1.00 e. The van der Waals surface area contributed by atoms with Crippen molar-refractivity contribution in [3.8, 4) is 0 Å². The average Bonchev–Trinajstić information content (AvgIpc) is 3.70. The Morgan fingerprint density at radius 2 is 1.81 bits per heavy atom. The second-order valence-corrected chi connectivity index (χ2v) is 13.3. The van der Waals surface area contributed by atoms with Gasteiger partial charge in [0.2, 0.25) is 0 Å². The number of aryl methyl sites for hydroxylation is 1. The smallest absolute Gasteiger partial charge is 0.550 e. The van der Waals surface area contributed by atoms with Crippen molar-refractivity contribution in [2.45, 2.75) is 56.8 Å². The molecule has 5 rings (SSSR count). The SMILES string of the molecule is CC(C)(O)c1ccccc1CC[C@@H](SCC1(CC(=O)[O-])CC1)c1cccc(/C=C/c2ccc3ccc(Cl)cc3n2)c1.O.[Na+]. The summed E-state index contributed by atoms with van der Waals surface area (Å²) >= 11 is 8.01. The molecule has 1 heterocycles. The van der Waals surface area contributed by atoms with Gasteiger partial charge in [0.25, 0.3) is 0 Å². The van der Waals surface area contributed by atoms with Crippen LogP contribution in [-0.2, 0) is 16.8 Å². The third-order valence-electron chi connectivity index (χ3n) is 7.82. The first-order chi connectivity index (χ1) is 19.6. The summed E-state index contributed by atoms with van der Waals surface area (Å²) < 4.78 is 0. The Kier molecular flexibility index (Phi) is 12.5. The molecular weight excluding hydrogens is 589 g/mol. The van der Waals surface area contributed by atoms with Crippen LogP contribution in [0.3, 0.4) is 0 Å². The normalized spacial score (nSPS) is 14.6. The summed E-state index contributed by atoms with van der Waals surface area (Å²) in [5, 5.41) is 24.0. The molecule has 1 fully saturated rings. The van der Waals surface area contributed by atoms with Crippen molar-refractivity contribution in [3.63, 3.8) is 0 Å². The van der Waals surface area contributed by atoms with Gasteiger partial charge >= 0.3 is 29.6 Å². The average molecular weight is 626 g/mol. The number of aliphatic hydroxyl groups is 1. The number of hydrogen-bond donors (Lipinski definition) is 1. The van der Waals surface area contributed by atoms with E-state index in [-0.39, 0.29) is 52.1 Å². The standard InChI is InChI=1S/C35H36ClNO3S.Na.H2O/c1-34(2,40)30-9-4-3-7-25(30)13-17-32(41-23-35(18-19-35)22-33(38)39)27-8-5-6-24(20-27)10-15-29-16-12-26-11-14-28(36)21-31(26)37-29;;/h3-12,14-16,20-21,32,40H,13,17-19,22-23H2,1-2H3,(H,38,39);;1H2/q;+1;/p-1/b15-10+;;/t32-;;/m1../s1. The number of benzene rings is 3. The predicted octanol–water partition coefficient (Wildman–Crippen LogP) is 3.79. The van der Waals surface area contributed by atoms with Gasteiger partial charge in [0.1, 0.15) is 0 Å². The number of aliphatic carboxylic acids is 1. The maximum absolute atomic E-state index is 11.4. The first-order valence-corrected chi connectivity index (χ1v) is 15.5. The molecule has 0 unspecified atom stereocenters. The zero-order valence-electron chi connectivity index (χ0n) is 25.0. The molecule has 1 aliphatic carbocycles. The van der Waals surface area contributed by atoms with Crippen LogP contribution in [-0.4, -0.2) is 27.3 Å². The van der Waals surface area contributed by atoms with Crippen LogP contribution in [0.4, 0.5) is 0 Å². The maximum atomic E-state index is 11.4. The first kappa shape index (κ1) is 35.3. The molecule has 0 bridgehead atoms. The van der Waals surface area contributed by atoms with Gasteiger partial charge in [-0.05, 0) is 104 Å². The number of aromatic nitrogens is 1. The molecule has 1 saturated carbocycles. The Hall–Kier alpha value is -2.16. The van der Waals surface area contributed by atoms with Crippen molar-refractivity contribution >= 4 is 52.4 Å². The zero-order chi connectivity index (χ0) is 29.0. The summed E-state index contributed by atoms with van der Waals surface area (Å²) in [6.45, 7) is 3.65. The summed E-state index contributed by atoms with van der Waals surface area (Å²) in [4.78, 5) is 16.1. The van der Waals surface area contributed by atoms with Gasteiger partial charge in [-0.15, -0.1) is 0 Å². The molecule has 0 aliphatic heterocycles. The van der Waals surface area contributed by atoms with E-state index in [1.807, 2.05) is 80.2 Å². The van der Waals surface area contributed by atoms with E-state index in [4.69, 9.17) is 16.6 Å². The monoisotopic (exact) mass is 625 g/mol. The molecule has 0 radical (unpaired) electrons. The van der Waals surface area contributed by atoms with Gasteiger partial charge in [-0.2, -0.15) is 11.8 Å². The number of pyridine rings is 1. The molecule has 5 nitrogen and oxygen atoms in total. The van der Waals surface area contributed by atoms with Crippen molar-refractivity contribution in [2.24, 2.45) is 5.41 Å². The van der Waals surface area contributed by atoms with Crippen molar-refractivity contribution in [1.29, 1.82) is 0 Å². The number of carbonyl (C=O) groups is 1. The summed E-state index contributed by atoms with van der Waals surface area (Å²) in [5.74, 6) is -0.168. The molecule has 8 heteroatoms. The fourth-order valence-electron chi connectivity index (χ4n) is 5.34. The van der Waals surface area contributed by atoms with Gasteiger partial charge in [0.05, 0.1) is 16.8 Å². The third kappa shape index (κ3) is 9.66. The fourth-order valence-corrected chi connectivity index (χ4v) is 7.08. The van der Waals surface area contributed by atoms with E-state index in [1.165, 1.54) is 5.56 Å². The van der Waals surface area contributed by atoms with E-state index in [9.17, 15) is 15.0 Å². The molecule has 0 spiro atoms. The molecular formula is C35H37ClNNaO4S. The third-order valence-corrected chi connectivity index (χ3v) is 9.75. The number of thioether (sulfide) groups is 1. The van der Waals surface area contributed by atoms with Gasteiger partial charge < -0.3 is 20.5 Å². The van der Waals surface area contributed by atoms with Gasteiger partial charge in [-0.3, -0.25) is 0 Å². The van der Waals surface area contributed by atoms with Gasteiger partial charge in [0, 0.05) is 21.6 Å². The summed E-state index contributed by atoms with van der Waals surface area (Å²) in [5.41, 5.74) is 5.03. The molecule has 3 aromatic carbocycles. The number of rotatable bonds is 12. The quantitative estimate of drug-likeness (QED) is 0.241. The Bertz CT molecular complexity index is 1580. The number of carbonyl (C=O) groups excluding carboxylic acids is 1. The second kappa shape index (κ2) is 15.2. The minimum atomic E-state index is -0.963. The van der Waals surface area contributed by atoms with Crippen LogP contribution >= 0.6 is 23.4 Å². The Morgan fingerprint density at radius 3 is 2.53 bits per heavy atom. The molecule has 43 heavy (non-hydrogen) atoms. The number of nitrogens with zero attached hydrogens (tertiary/aromatic N) is 1. The number of halogens is 1. The van der Waals surface area contributed by atoms with E-state index < -0.39 is 11.6 Å². The fraction of sp³-hybridized carbons (Fsp3) is 0.314. The van der Waals surface area contributed by atoms with Crippen LogP contribution in [0.15, 0.2) is 78.9 Å². The van der Waals surface area contributed by atoms with Crippen LogP contribution in [0.1, 0.15) is 72.7 Å². The van der Waals surface area contributed by atoms with Crippen LogP contribution in [0.2, 0.25) is 5.02 Å². The van der Waals surface area contributed by atoms with Crippen molar-refractivity contribution in [2.75, 3.05) is 5.75 Å². The van der Waals surface area contributed by atoms with Crippen molar-refractivity contribution in [1.82, 2.24) is 4.98 Å². The Morgan fingerprint density at radius 1 is 1.07 bits per heavy atom. The van der Waals surface area contributed by atoms with E-state index >= 15 is 0 Å². The van der Waals surface area contributed by atoms with Crippen LogP contribution in [0.25, 0.3) is 23.1 Å². The van der Waals surface area contributed by atoms with Crippen LogP contribution < -0.4 is 34.7 Å². The van der Waals surface area contributed by atoms with Gasteiger partial charge in [-0.1, -0.05) is 78.3 Å². The van der Waals surface area contributed by atoms with Crippen molar-refractivity contribution in [3.05, 3.63) is 112 Å². The number of carboxylic acid groups (broad SMARTS) is 1.